The maximum atomic E-state index is 12.2. The number of aliphatic carboxylic acids is 1. The van der Waals surface area contributed by atoms with Gasteiger partial charge in [0.25, 0.3) is 0 Å². The second-order valence-electron chi connectivity index (χ2n) is 6.25. The number of carbonyl (C=O) groups is 2. The number of benzene rings is 1. The van der Waals surface area contributed by atoms with Crippen LogP contribution in [0.4, 0.5) is 0 Å². The smallest absolute Gasteiger partial charge is 0.307 e. The van der Waals surface area contributed by atoms with Gasteiger partial charge in [-0.1, -0.05) is 29.8 Å². The van der Waals surface area contributed by atoms with Crippen LogP contribution in [0.1, 0.15) is 36.5 Å². The van der Waals surface area contributed by atoms with Gasteiger partial charge in [0, 0.05) is 6.61 Å². The fourth-order valence-electron chi connectivity index (χ4n) is 3.06. The summed E-state index contributed by atoms with van der Waals surface area (Å²) < 4.78 is 5.86. The van der Waals surface area contributed by atoms with Gasteiger partial charge in [0.1, 0.15) is 6.10 Å². The van der Waals surface area contributed by atoms with Crippen LogP contribution in [-0.2, 0) is 14.3 Å². The largest absolute Gasteiger partial charge is 0.481 e. The lowest BCUT2D eigenvalue weighted by atomic mass is 9.95. The molecule has 0 radical (unpaired) electrons. The topological polar surface area (TPSA) is 75.6 Å². The molecule has 1 aliphatic heterocycles. The number of ether oxygens (including phenoxy) is 1. The Balaban J connectivity index is 1.67. The van der Waals surface area contributed by atoms with Crippen LogP contribution in [0, 0.1) is 18.8 Å². The van der Waals surface area contributed by atoms with Crippen molar-refractivity contribution in [2.24, 2.45) is 11.8 Å². The number of carboxylic acids is 1. The molecule has 1 saturated heterocycles. The van der Waals surface area contributed by atoms with Crippen molar-refractivity contribution < 1.29 is 19.4 Å². The van der Waals surface area contributed by atoms with E-state index in [0.29, 0.717) is 13.0 Å². The van der Waals surface area contributed by atoms with E-state index in [4.69, 9.17) is 9.84 Å². The molecule has 4 unspecified atom stereocenters. The van der Waals surface area contributed by atoms with Gasteiger partial charge in [0.2, 0.25) is 5.91 Å². The predicted octanol–water partition coefficient (Wildman–Crippen LogP) is 2.05. The summed E-state index contributed by atoms with van der Waals surface area (Å²) in [5, 5.41) is 11.9. The highest BCUT2D eigenvalue weighted by molar-refractivity contribution is 5.89. The Bertz CT molecular complexity index is 569. The quantitative estimate of drug-likeness (QED) is 0.892. The normalized spacial score (nSPS) is 30.6. The molecule has 1 aliphatic carbocycles. The molecule has 0 spiro atoms. The Morgan fingerprint density at radius 3 is 2.59 bits per heavy atom. The molecule has 22 heavy (non-hydrogen) atoms. The number of nitrogens with one attached hydrogen (secondary N) is 1. The molecular formula is C17H21NO4. The second-order valence-corrected chi connectivity index (χ2v) is 6.25. The Hall–Kier alpha value is -1.88. The van der Waals surface area contributed by atoms with Crippen molar-refractivity contribution in [1.29, 1.82) is 0 Å². The van der Waals surface area contributed by atoms with Gasteiger partial charge < -0.3 is 15.2 Å². The summed E-state index contributed by atoms with van der Waals surface area (Å²) in [6, 6.07) is 8.05. The highest BCUT2D eigenvalue weighted by atomic mass is 16.5. The van der Waals surface area contributed by atoms with Gasteiger partial charge in [-0.3, -0.25) is 9.59 Å². The number of carboxylic acid groups (broad SMARTS) is 1. The van der Waals surface area contributed by atoms with E-state index in [1.807, 2.05) is 31.2 Å². The van der Waals surface area contributed by atoms with Crippen LogP contribution in [-0.4, -0.2) is 29.6 Å². The number of hydrogen-bond acceptors (Lipinski definition) is 3. The first kappa shape index (κ1) is 15.0. The summed E-state index contributed by atoms with van der Waals surface area (Å²) in [7, 11) is 0. The van der Waals surface area contributed by atoms with E-state index in [-0.39, 0.29) is 24.0 Å². The van der Waals surface area contributed by atoms with Crippen molar-refractivity contribution in [3.8, 4) is 0 Å². The lowest BCUT2D eigenvalue weighted by molar-refractivity contribution is -0.140. The molecule has 5 nitrogen and oxygen atoms in total. The van der Waals surface area contributed by atoms with Gasteiger partial charge in [-0.15, -0.1) is 0 Å². The Labute approximate surface area is 129 Å². The molecule has 118 valence electrons. The monoisotopic (exact) mass is 303 g/mol. The zero-order chi connectivity index (χ0) is 15.7. The van der Waals surface area contributed by atoms with E-state index in [2.05, 4.69) is 5.32 Å². The van der Waals surface area contributed by atoms with Crippen molar-refractivity contribution in [1.82, 2.24) is 5.32 Å². The third-order valence-electron chi connectivity index (χ3n) is 4.50. The summed E-state index contributed by atoms with van der Waals surface area (Å²) in [5.74, 6) is -1.92. The van der Waals surface area contributed by atoms with E-state index in [1.54, 1.807) is 0 Å². The summed E-state index contributed by atoms with van der Waals surface area (Å²) in [5.41, 5.74) is 2.24. The molecule has 5 heteroatoms. The molecule has 0 bridgehead atoms. The minimum absolute atomic E-state index is 0.0843. The molecule has 2 fully saturated rings. The third-order valence-corrected chi connectivity index (χ3v) is 4.50. The molecule has 4 atom stereocenters. The Morgan fingerprint density at radius 1 is 1.23 bits per heavy atom. The van der Waals surface area contributed by atoms with E-state index in [0.717, 1.165) is 18.4 Å². The van der Waals surface area contributed by atoms with E-state index in [9.17, 15) is 9.59 Å². The zero-order valence-electron chi connectivity index (χ0n) is 12.6. The molecule has 0 aromatic heterocycles. The van der Waals surface area contributed by atoms with Crippen molar-refractivity contribution in [3.05, 3.63) is 35.4 Å². The molecule has 1 heterocycles. The highest BCUT2D eigenvalue weighted by Crippen LogP contribution is 2.39. The van der Waals surface area contributed by atoms with E-state index >= 15 is 0 Å². The van der Waals surface area contributed by atoms with Crippen LogP contribution in [0.5, 0.6) is 0 Å². The maximum Gasteiger partial charge on any atom is 0.307 e. The van der Waals surface area contributed by atoms with Crippen LogP contribution in [0.15, 0.2) is 24.3 Å². The third kappa shape index (κ3) is 3.14. The molecule has 2 N–H and O–H groups in total. The van der Waals surface area contributed by atoms with Gasteiger partial charge >= 0.3 is 5.97 Å². The van der Waals surface area contributed by atoms with Gasteiger partial charge in [-0.05, 0) is 31.7 Å². The number of carbonyl (C=O) groups excluding carboxylic acids is 1. The Kier molecular flexibility index (Phi) is 4.16. The molecule has 1 amide bonds. The fourth-order valence-corrected chi connectivity index (χ4v) is 3.06. The van der Waals surface area contributed by atoms with Crippen LogP contribution in [0.2, 0.25) is 0 Å². The van der Waals surface area contributed by atoms with E-state index < -0.39 is 11.9 Å². The van der Waals surface area contributed by atoms with Crippen LogP contribution >= 0.6 is 0 Å². The zero-order valence-corrected chi connectivity index (χ0v) is 12.6. The standard InChI is InChI=1S/C17H21NO4/c1-10-4-6-11(7-5-10)15-14(3-2-8-22-15)18-16(19)12-9-13(12)17(20)21/h4-7,12-15H,2-3,8-9H2,1H3,(H,18,19)(H,20,21). The lowest BCUT2D eigenvalue weighted by Gasteiger charge is -2.32. The molecular weight excluding hydrogens is 282 g/mol. The summed E-state index contributed by atoms with van der Waals surface area (Å²) in [6.45, 7) is 2.72. The molecule has 1 saturated carbocycles. The van der Waals surface area contributed by atoms with Crippen molar-refractivity contribution in [2.45, 2.75) is 38.3 Å². The summed E-state index contributed by atoms with van der Waals surface area (Å²) >= 11 is 0. The number of hydrogen-bond donors (Lipinski definition) is 2. The van der Waals surface area contributed by atoms with Crippen molar-refractivity contribution in [3.63, 3.8) is 0 Å². The molecule has 1 aromatic carbocycles. The van der Waals surface area contributed by atoms with Gasteiger partial charge in [0.15, 0.2) is 0 Å². The first-order valence-corrected chi connectivity index (χ1v) is 7.77. The fraction of sp³-hybridized carbons (Fsp3) is 0.529. The van der Waals surface area contributed by atoms with E-state index in [1.165, 1.54) is 5.56 Å². The van der Waals surface area contributed by atoms with Crippen molar-refractivity contribution in [2.75, 3.05) is 6.61 Å². The first-order valence-electron chi connectivity index (χ1n) is 7.77. The molecule has 1 aromatic rings. The Morgan fingerprint density at radius 2 is 1.95 bits per heavy atom. The average Bonchev–Trinajstić information content (AvgIpc) is 3.29. The molecule has 3 rings (SSSR count). The average molecular weight is 303 g/mol. The van der Waals surface area contributed by atoms with Crippen molar-refractivity contribution >= 4 is 11.9 Å². The SMILES string of the molecule is Cc1ccc(C2OCCCC2NC(=O)C2CC2C(=O)O)cc1. The van der Waals surface area contributed by atoms with Crippen LogP contribution in [0.3, 0.4) is 0 Å². The second kappa shape index (κ2) is 6.08. The minimum Gasteiger partial charge on any atom is -0.481 e. The first-order chi connectivity index (χ1) is 10.6. The summed E-state index contributed by atoms with van der Waals surface area (Å²) in [4.78, 5) is 23.1. The number of aryl methyl sites for hydroxylation is 1. The van der Waals surface area contributed by atoms with Gasteiger partial charge in [-0.2, -0.15) is 0 Å². The predicted molar refractivity (Wildman–Crippen MR) is 80.3 cm³/mol. The van der Waals surface area contributed by atoms with Crippen LogP contribution < -0.4 is 5.32 Å². The minimum atomic E-state index is -0.880. The van der Waals surface area contributed by atoms with Gasteiger partial charge in [-0.25, -0.2) is 0 Å². The summed E-state index contributed by atoms with van der Waals surface area (Å²) in [6.07, 6.45) is 2.05. The number of rotatable bonds is 4. The maximum absolute atomic E-state index is 12.2. The van der Waals surface area contributed by atoms with Gasteiger partial charge in [0.05, 0.1) is 17.9 Å². The molecule has 2 aliphatic rings. The van der Waals surface area contributed by atoms with Crippen LogP contribution in [0.25, 0.3) is 0 Å². The lowest BCUT2D eigenvalue weighted by Crippen LogP contribution is -2.43. The number of amides is 1. The highest BCUT2D eigenvalue weighted by Gasteiger charge is 2.49.